The lowest BCUT2D eigenvalue weighted by Gasteiger charge is -2.30. The summed E-state index contributed by atoms with van der Waals surface area (Å²) in [7, 11) is -3.73. The van der Waals surface area contributed by atoms with Crippen LogP contribution in [0.4, 0.5) is 4.39 Å². The predicted octanol–water partition coefficient (Wildman–Crippen LogP) is 2.62. The van der Waals surface area contributed by atoms with Crippen molar-refractivity contribution in [1.29, 1.82) is 0 Å². The molecule has 3 atom stereocenters. The van der Waals surface area contributed by atoms with Crippen LogP contribution in [0.25, 0.3) is 0 Å². The summed E-state index contributed by atoms with van der Waals surface area (Å²) in [4.78, 5) is 24.1. The van der Waals surface area contributed by atoms with Crippen molar-refractivity contribution in [3.8, 4) is 0 Å². The van der Waals surface area contributed by atoms with Crippen LogP contribution in [0.3, 0.4) is 0 Å². The van der Waals surface area contributed by atoms with Crippen molar-refractivity contribution in [1.82, 2.24) is 5.32 Å². The van der Waals surface area contributed by atoms with Crippen LogP contribution in [0.15, 0.2) is 29.2 Å². The van der Waals surface area contributed by atoms with Crippen molar-refractivity contribution >= 4 is 21.7 Å². The van der Waals surface area contributed by atoms with E-state index in [0.717, 1.165) is 49.9 Å². The summed E-state index contributed by atoms with van der Waals surface area (Å²) in [6.45, 7) is 3.55. The molecule has 1 aromatic rings. The number of carbonyl (C=O) groups excluding carboxylic acids is 2. The molecule has 1 fully saturated rings. The number of carbonyl (C=O) groups is 2. The van der Waals surface area contributed by atoms with Gasteiger partial charge in [0.25, 0.3) is 5.91 Å². The van der Waals surface area contributed by atoms with Gasteiger partial charge in [0, 0.05) is 6.04 Å². The van der Waals surface area contributed by atoms with Crippen molar-refractivity contribution in [2.24, 2.45) is 5.92 Å². The van der Waals surface area contributed by atoms with Gasteiger partial charge < -0.3 is 10.1 Å². The van der Waals surface area contributed by atoms with Crippen LogP contribution >= 0.6 is 0 Å². The standard InChI is InChI=1S/C19H26FNO5S/c1-13-5-3-4-6-17(13)21-19(23)14(2)26-18(22)11-12-27(24,25)16-9-7-15(20)8-10-16/h7-10,13-14,17H,3-6,11-12H2,1-2H3,(H,21,23)/t13-,14-,17+/m1/s1. The molecule has 0 unspecified atom stereocenters. The maximum absolute atomic E-state index is 12.9. The van der Waals surface area contributed by atoms with E-state index in [1.165, 1.54) is 6.92 Å². The fourth-order valence-corrected chi connectivity index (χ4v) is 4.34. The number of hydrogen-bond acceptors (Lipinski definition) is 5. The number of nitrogens with one attached hydrogen (secondary N) is 1. The van der Waals surface area contributed by atoms with E-state index in [1.54, 1.807) is 0 Å². The number of ether oxygens (including phenoxy) is 1. The molecule has 0 radical (unpaired) electrons. The summed E-state index contributed by atoms with van der Waals surface area (Å²) in [5.74, 6) is -1.76. The zero-order valence-electron chi connectivity index (χ0n) is 15.6. The minimum absolute atomic E-state index is 0.0613. The lowest BCUT2D eigenvalue weighted by atomic mass is 9.86. The maximum atomic E-state index is 12.9. The summed E-state index contributed by atoms with van der Waals surface area (Å²) >= 11 is 0. The highest BCUT2D eigenvalue weighted by molar-refractivity contribution is 7.91. The molecule has 2 rings (SSSR count). The first-order valence-corrected chi connectivity index (χ1v) is 10.8. The van der Waals surface area contributed by atoms with Crippen LogP contribution in [0.1, 0.15) is 46.0 Å². The van der Waals surface area contributed by atoms with Gasteiger partial charge in [-0.2, -0.15) is 0 Å². The van der Waals surface area contributed by atoms with Gasteiger partial charge in [0.05, 0.1) is 17.1 Å². The SMILES string of the molecule is C[C@@H]1CCCC[C@@H]1NC(=O)[C@@H](C)OC(=O)CCS(=O)(=O)c1ccc(F)cc1. The Bertz CT molecular complexity index is 763. The first kappa shape index (κ1) is 21.3. The monoisotopic (exact) mass is 399 g/mol. The van der Waals surface area contributed by atoms with Gasteiger partial charge in [-0.1, -0.05) is 19.8 Å². The zero-order valence-corrected chi connectivity index (χ0v) is 16.4. The van der Waals surface area contributed by atoms with E-state index in [1.807, 2.05) is 0 Å². The van der Waals surface area contributed by atoms with Crippen molar-refractivity contribution in [3.05, 3.63) is 30.1 Å². The van der Waals surface area contributed by atoms with Gasteiger partial charge in [0.1, 0.15) is 5.82 Å². The lowest BCUT2D eigenvalue weighted by Crippen LogP contribution is -2.46. The van der Waals surface area contributed by atoms with Crippen LogP contribution < -0.4 is 5.32 Å². The van der Waals surface area contributed by atoms with E-state index < -0.39 is 33.5 Å². The molecule has 1 aromatic carbocycles. The molecule has 1 aliphatic rings. The van der Waals surface area contributed by atoms with Crippen LogP contribution in [0.2, 0.25) is 0 Å². The molecule has 6 nitrogen and oxygen atoms in total. The van der Waals surface area contributed by atoms with Gasteiger partial charge in [-0.3, -0.25) is 9.59 Å². The second kappa shape index (κ2) is 9.30. The molecule has 0 saturated heterocycles. The highest BCUT2D eigenvalue weighted by Crippen LogP contribution is 2.23. The quantitative estimate of drug-likeness (QED) is 0.562. The third-order valence-corrected chi connectivity index (χ3v) is 6.60. The summed E-state index contributed by atoms with van der Waals surface area (Å²) in [6.07, 6.45) is 2.81. The number of rotatable bonds is 7. The van der Waals surface area contributed by atoms with E-state index in [9.17, 15) is 22.4 Å². The third kappa shape index (κ3) is 6.30. The second-order valence-electron chi connectivity index (χ2n) is 7.03. The average Bonchev–Trinajstić information content (AvgIpc) is 2.62. The molecule has 8 heteroatoms. The van der Waals surface area contributed by atoms with E-state index in [0.29, 0.717) is 5.92 Å². The molecule has 1 saturated carbocycles. The minimum atomic E-state index is -3.73. The minimum Gasteiger partial charge on any atom is -0.453 e. The molecule has 27 heavy (non-hydrogen) atoms. The Hall–Kier alpha value is -1.96. The van der Waals surface area contributed by atoms with Crippen molar-refractivity contribution < 1.29 is 27.1 Å². The molecule has 1 N–H and O–H groups in total. The molecule has 0 heterocycles. The molecular formula is C19H26FNO5S. The number of sulfone groups is 1. The molecule has 1 amide bonds. The Kier molecular flexibility index (Phi) is 7.35. The van der Waals surface area contributed by atoms with Crippen molar-refractivity contribution in [2.75, 3.05) is 5.75 Å². The summed E-state index contributed by atoms with van der Waals surface area (Å²) in [6, 6.07) is 4.47. The first-order chi connectivity index (χ1) is 12.7. The highest BCUT2D eigenvalue weighted by atomic mass is 32.2. The largest absolute Gasteiger partial charge is 0.453 e. The number of halogens is 1. The van der Waals surface area contributed by atoms with E-state index in [2.05, 4.69) is 12.2 Å². The Balaban J connectivity index is 1.81. The van der Waals surface area contributed by atoms with Gasteiger partial charge >= 0.3 is 5.97 Å². The van der Waals surface area contributed by atoms with Crippen LogP contribution in [-0.2, 0) is 24.2 Å². The number of benzene rings is 1. The highest BCUT2D eigenvalue weighted by Gasteiger charge is 2.26. The smallest absolute Gasteiger partial charge is 0.307 e. The van der Waals surface area contributed by atoms with Gasteiger partial charge in [-0.05, 0) is 49.9 Å². The van der Waals surface area contributed by atoms with E-state index in [4.69, 9.17) is 4.74 Å². The second-order valence-corrected chi connectivity index (χ2v) is 9.14. The molecule has 150 valence electrons. The molecule has 0 spiro atoms. The summed E-state index contributed by atoms with van der Waals surface area (Å²) in [5, 5.41) is 2.91. The summed E-state index contributed by atoms with van der Waals surface area (Å²) < 4.78 is 42.3. The van der Waals surface area contributed by atoms with Crippen LogP contribution in [0.5, 0.6) is 0 Å². The molecule has 0 aliphatic heterocycles. The Morgan fingerprint density at radius 1 is 1.22 bits per heavy atom. The van der Waals surface area contributed by atoms with Gasteiger partial charge in [0.15, 0.2) is 15.9 Å². The Morgan fingerprint density at radius 3 is 2.48 bits per heavy atom. The molecule has 1 aliphatic carbocycles. The van der Waals surface area contributed by atoms with Gasteiger partial charge in [-0.25, -0.2) is 12.8 Å². The lowest BCUT2D eigenvalue weighted by molar-refractivity contribution is -0.154. The van der Waals surface area contributed by atoms with Crippen LogP contribution in [-0.4, -0.2) is 38.2 Å². The van der Waals surface area contributed by atoms with E-state index >= 15 is 0 Å². The van der Waals surface area contributed by atoms with Crippen molar-refractivity contribution in [3.63, 3.8) is 0 Å². The number of amides is 1. The Morgan fingerprint density at radius 2 is 1.85 bits per heavy atom. The van der Waals surface area contributed by atoms with Crippen molar-refractivity contribution in [2.45, 2.75) is 63.0 Å². The zero-order chi connectivity index (χ0) is 20.0. The predicted molar refractivity (Wildman–Crippen MR) is 98.2 cm³/mol. The van der Waals surface area contributed by atoms with E-state index in [-0.39, 0.29) is 23.3 Å². The summed E-state index contributed by atoms with van der Waals surface area (Å²) in [5.41, 5.74) is 0. The Labute approximate surface area is 159 Å². The van der Waals surface area contributed by atoms with Gasteiger partial charge in [-0.15, -0.1) is 0 Å². The van der Waals surface area contributed by atoms with Crippen LogP contribution in [0, 0.1) is 11.7 Å². The topological polar surface area (TPSA) is 89.5 Å². The maximum Gasteiger partial charge on any atom is 0.307 e. The number of hydrogen-bond donors (Lipinski definition) is 1. The third-order valence-electron chi connectivity index (χ3n) is 4.86. The fourth-order valence-electron chi connectivity index (χ4n) is 3.12. The number of esters is 1. The first-order valence-electron chi connectivity index (χ1n) is 9.17. The molecular weight excluding hydrogens is 373 g/mol. The average molecular weight is 399 g/mol. The molecule has 0 aromatic heterocycles. The van der Waals surface area contributed by atoms with Gasteiger partial charge in [0.2, 0.25) is 0 Å². The normalized spacial score (nSPS) is 21.3. The molecule has 0 bridgehead atoms. The fraction of sp³-hybridized carbons (Fsp3) is 0.579.